The Hall–Kier alpha value is -4.46. The molecule has 0 saturated heterocycles. The van der Waals surface area contributed by atoms with Gasteiger partial charge in [-0.05, 0) is 29.3 Å². The maximum Gasteiger partial charge on any atom is 0.407 e. The summed E-state index contributed by atoms with van der Waals surface area (Å²) in [5, 5.41) is 7.37. The fraction of sp³-hybridized carbons (Fsp3) is 0.115. The number of rotatable bonds is 8. The minimum atomic E-state index is -0.688. The van der Waals surface area contributed by atoms with Crippen molar-refractivity contribution in [3.05, 3.63) is 108 Å². The van der Waals surface area contributed by atoms with E-state index >= 15 is 0 Å². The summed E-state index contributed by atoms with van der Waals surface area (Å²) in [5.74, 6) is -0.758. The Morgan fingerprint density at radius 2 is 1.68 bits per heavy atom. The van der Waals surface area contributed by atoms with E-state index in [1.54, 1.807) is 18.3 Å². The van der Waals surface area contributed by atoms with E-state index in [4.69, 9.17) is 4.74 Å². The van der Waals surface area contributed by atoms with Crippen molar-refractivity contribution in [3.8, 4) is 0 Å². The predicted molar refractivity (Wildman–Crippen MR) is 128 cm³/mol. The number of para-hydroxylation sites is 1. The standard InChI is InChI=1S/C26H23FN4O3/c27-22-12-10-19(11-13-22)16-31-17-21(23-8-4-5-9-24(23)31)14-29-30-25(32)15-28-26(33)34-18-20-6-2-1-3-7-20/h1-14,17H,15-16,18H2,(H,28,33)(H,30,32)/b29-14-. The zero-order chi connectivity index (χ0) is 23.8. The quantitative estimate of drug-likeness (QED) is 0.307. The minimum Gasteiger partial charge on any atom is -0.445 e. The van der Waals surface area contributed by atoms with Crippen LogP contribution in [-0.2, 0) is 22.7 Å². The van der Waals surface area contributed by atoms with Gasteiger partial charge in [-0.25, -0.2) is 14.6 Å². The molecule has 0 bridgehead atoms. The molecular formula is C26H23FN4O3. The highest BCUT2D eigenvalue weighted by Crippen LogP contribution is 2.21. The van der Waals surface area contributed by atoms with Crippen molar-refractivity contribution in [1.82, 2.24) is 15.3 Å². The Balaban J connectivity index is 1.32. The van der Waals surface area contributed by atoms with Crippen LogP contribution in [0.3, 0.4) is 0 Å². The fourth-order valence-electron chi connectivity index (χ4n) is 3.44. The average Bonchev–Trinajstić information content (AvgIpc) is 3.21. The zero-order valence-electron chi connectivity index (χ0n) is 18.3. The van der Waals surface area contributed by atoms with Crippen LogP contribution in [0.1, 0.15) is 16.7 Å². The third kappa shape index (κ3) is 6.07. The van der Waals surface area contributed by atoms with Crippen molar-refractivity contribution in [1.29, 1.82) is 0 Å². The number of fused-ring (bicyclic) bond motifs is 1. The van der Waals surface area contributed by atoms with E-state index in [-0.39, 0.29) is 19.0 Å². The number of nitrogens with one attached hydrogen (secondary N) is 2. The lowest BCUT2D eigenvalue weighted by Gasteiger charge is -2.06. The first-order valence-electron chi connectivity index (χ1n) is 10.7. The van der Waals surface area contributed by atoms with Crippen LogP contribution in [0.25, 0.3) is 10.9 Å². The van der Waals surface area contributed by atoms with Gasteiger partial charge in [0.2, 0.25) is 0 Å². The summed E-state index contributed by atoms with van der Waals surface area (Å²) >= 11 is 0. The van der Waals surface area contributed by atoms with E-state index in [0.717, 1.165) is 27.6 Å². The van der Waals surface area contributed by atoms with Crippen LogP contribution in [0.15, 0.2) is 90.2 Å². The SMILES string of the molecule is O=C(CNC(=O)OCc1ccccc1)N/N=C\c1cn(Cc2ccc(F)cc2)c2ccccc12. The second kappa shape index (κ2) is 10.9. The molecule has 1 aromatic heterocycles. The normalized spacial score (nSPS) is 11.0. The second-order valence-corrected chi connectivity index (χ2v) is 7.56. The minimum absolute atomic E-state index is 0.119. The van der Waals surface area contributed by atoms with E-state index in [9.17, 15) is 14.0 Å². The third-order valence-electron chi connectivity index (χ3n) is 5.08. The van der Waals surface area contributed by atoms with Gasteiger partial charge < -0.3 is 14.6 Å². The van der Waals surface area contributed by atoms with Crippen LogP contribution >= 0.6 is 0 Å². The van der Waals surface area contributed by atoms with Crippen molar-refractivity contribution in [3.63, 3.8) is 0 Å². The van der Waals surface area contributed by atoms with Crippen LogP contribution in [0.2, 0.25) is 0 Å². The number of hydrogen-bond donors (Lipinski definition) is 2. The number of carbonyl (C=O) groups excluding carboxylic acids is 2. The van der Waals surface area contributed by atoms with E-state index in [2.05, 4.69) is 15.8 Å². The molecule has 0 aliphatic heterocycles. The smallest absolute Gasteiger partial charge is 0.407 e. The third-order valence-corrected chi connectivity index (χ3v) is 5.08. The number of hydrazone groups is 1. The molecule has 0 saturated carbocycles. The fourth-order valence-corrected chi connectivity index (χ4v) is 3.44. The first kappa shape index (κ1) is 22.7. The van der Waals surface area contributed by atoms with Gasteiger partial charge >= 0.3 is 6.09 Å². The molecule has 172 valence electrons. The monoisotopic (exact) mass is 458 g/mol. The summed E-state index contributed by atoms with van der Waals surface area (Å²) in [5.41, 5.74) is 6.02. The summed E-state index contributed by atoms with van der Waals surface area (Å²) in [6.45, 7) is 0.418. The summed E-state index contributed by atoms with van der Waals surface area (Å²) < 4.78 is 20.3. The Bertz CT molecular complexity index is 1300. The number of benzene rings is 3. The number of halogens is 1. The number of carbonyl (C=O) groups is 2. The van der Waals surface area contributed by atoms with Crippen molar-refractivity contribution in [2.75, 3.05) is 6.54 Å². The topological polar surface area (TPSA) is 84.7 Å². The molecule has 2 amide bonds. The summed E-state index contributed by atoms with van der Waals surface area (Å²) in [7, 11) is 0. The average molecular weight is 458 g/mol. The van der Waals surface area contributed by atoms with Crippen molar-refractivity contribution in [2.24, 2.45) is 5.10 Å². The highest BCUT2D eigenvalue weighted by Gasteiger charge is 2.09. The molecule has 0 unspecified atom stereocenters. The molecule has 0 aliphatic rings. The molecule has 34 heavy (non-hydrogen) atoms. The summed E-state index contributed by atoms with van der Waals surface area (Å²) in [6.07, 6.45) is 2.78. The Kier molecular flexibility index (Phi) is 7.29. The van der Waals surface area contributed by atoms with Crippen molar-refractivity contribution < 1.29 is 18.7 Å². The van der Waals surface area contributed by atoms with Gasteiger partial charge in [-0.1, -0.05) is 60.7 Å². The van der Waals surface area contributed by atoms with E-state index in [1.165, 1.54) is 12.1 Å². The molecule has 0 fully saturated rings. The van der Waals surface area contributed by atoms with Crippen LogP contribution in [0.5, 0.6) is 0 Å². The number of nitrogens with zero attached hydrogens (tertiary/aromatic N) is 2. The van der Waals surface area contributed by atoms with Crippen molar-refractivity contribution >= 4 is 29.1 Å². The maximum absolute atomic E-state index is 13.2. The first-order valence-corrected chi connectivity index (χ1v) is 10.7. The maximum atomic E-state index is 13.2. The molecule has 2 N–H and O–H groups in total. The van der Waals surface area contributed by atoms with Crippen LogP contribution in [0.4, 0.5) is 9.18 Å². The lowest BCUT2D eigenvalue weighted by Crippen LogP contribution is -2.35. The molecule has 0 aliphatic carbocycles. The van der Waals surface area contributed by atoms with Crippen LogP contribution in [0, 0.1) is 5.82 Å². The largest absolute Gasteiger partial charge is 0.445 e. The lowest BCUT2D eigenvalue weighted by atomic mass is 10.2. The molecule has 7 nitrogen and oxygen atoms in total. The van der Waals surface area contributed by atoms with Gasteiger partial charge in [0, 0.05) is 29.2 Å². The second-order valence-electron chi connectivity index (χ2n) is 7.56. The van der Waals surface area contributed by atoms with Crippen molar-refractivity contribution in [2.45, 2.75) is 13.2 Å². The number of alkyl carbamates (subject to hydrolysis) is 1. The van der Waals surface area contributed by atoms with Gasteiger partial charge in [-0.2, -0.15) is 5.10 Å². The molecule has 1 heterocycles. The van der Waals surface area contributed by atoms with Gasteiger partial charge in [0.05, 0.1) is 6.21 Å². The van der Waals surface area contributed by atoms with Gasteiger partial charge in [0.1, 0.15) is 19.0 Å². The Morgan fingerprint density at radius 1 is 0.941 bits per heavy atom. The highest BCUT2D eigenvalue weighted by molar-refractivity contribution is 5.99. The van der Waals surface area contributed by atoms with Gasteiger partial charge in [-0.15, -0.1) is 0 Å². The number of aromatic nitrogens is 1. The van der Waals surface area contributed by atoms with Gasteiger partial charge in [0.25, 0.3) is 5.91 Å². The summed E-state index contributed by atoms with van der Waals surface area (Å²) in [6, 6.07) is 23.4. The van der Waals surface area contributed by atoms with Gasteiger partial charge in [-0.3, -0.25) is 4.79 Å². The number of amides is 2. The van der Waals surface area contributed by atoms with Crippen LogP contribution < -0.4 is 10.7 Å². The number of hydrogen-bond acceptors (Lipinski definition) is 4. The van der Waals surface area contributed by atoms with E-state index < -0.39 is 12.0 Å². The molecule has 8 heteroatoms. The molecule has 0 atom stereocenters. The van der Waals surface area contributed by atoms with E-state index in [0.29, 0.717) is 6.54 Å². The molecule has 0 spiro atoms. The van der Waals surface area contributed by atoms with Gasteiger partial charge in [0.15, 0.2) is 0 Å². The Labute approximate surface area is 195 Å². The lowest BCUT2D eigenvalue weighted by molar-refractivity contribution is -0.120. The van der Waals surface area contributed by atoms with Crippen LogP contribution in [-0.4, -0.2) is 29.3 Å². The molecule has 4 aromatic rings. The molecule has 4 rings (SSSR count). The highest BCUT2D eigenvalue weighted by atomic mass is 19.1. The number of ether oxygens (including phenoxy) is 1. The predicted octanol–water partition coefficient (Wildman–Crippen LogP) is 4.21. The zero-order valence-corrected chi connectivity index (χ0v) is 18.3. The summed E-state index contributed by atoms with van der Waals surface area (Å²) in [4.78, 5) is 23.8. The molecule has 3 aromatic carbocycles. The Morgan fingerprint density at radius 3 is 2.47 bits per heavy atom. The first-order chi connectivity index (χ1) is 16.6. The molecule has 0 radical (unpaired) electrons. The molecular weight excluding hydrogens is 435 g/mol. The van der Waals surface area contributed by atoms with E-state index in [1.807, 2.05) is 65.4 Å².